The second-order valence-electron chi connectivity index (χ2n) is 5.79. The summed E-state index contributed by atoms with van der Waals surface area (Å²) in [5.74, 6) is -1.86. The van der Waals surface area contributed by atoms with Crippen molar-refractivity contribution in [1.29, 1.82) is 0 Å². The molecule has 0 radical (unpaired) electrons. The Morgan fingerprint density at radius 1 is 1.07 bits per heavy atom. The van der Waals surface area contributed by atoms with Crippen molar-refractivity contribution < 1.29 is 37.3 Å². The number of benzene rings is 2. The van der Waals surface area contributed by atoms with Crippen molar-refractivity contribution in [3.63, 3.8) is 0 Å². The summed E-state index contributed by atoms with van der Waals surface area (Å²) in [5, 5.41) is 15.0. The number of rotatable bonds is 6. The number of carbonyl (C=O) groups excluding carboxylic acids is 2. The third-order valence-corrected chi connectivity index (χ3v) is 3.88. The number of amides is 2. The third kappa shape index (κ3) is 4.77. The second-order valence-corrected chi connectivity index (χ2v) is 5.79. The Morgan fingerprint density at radius 3 is 2.28 bits per heavy atom. The highest BCUT2D eigenvalue weighted by Gasteiger charge is 2.62. The molecule has 156 valence electrons. The Kier molecular flexibility index (Phi) is 6.70. The molecule has 0 saturated carbocycles. The van der Waals surface area contributed by atoms with Gasteiger partial charge in [0.1, 0.15) is 5.75 Å². The van der Waals surface area contributed by atoms with Crippen molar-refractivity contribution in [2.24, 2.45) is 0 Å². The summed E-state index contributed by atoms with van der Waals surface area (Å²) in [5.41, 5.74) is -4.50. The third-order valence-electron chi connectivity index (χ3n) is 3.88. The molecule has 2 rings (SSSR count). The number of urea groups is 1. The number of alkyl halides is 3. The van der Waals surface area contributed by atoms with Gasteiger partial charge in [0.2, 0.25) is 0 Å². The minimum Gasteiger partial charge on any atom is -0.495 e. The van der Waals surface area contributed by atoms with Crippen molar-refractivity contribution in [3.05, 3.63) is 54.1 Å². The summed E-state index contributed by atoms with van der Waals surface area (Å²) in [6.45, 7) is 0.946. The summed E-state index contributed by atoms with van der Waals surface area (Å²) < 4.78 is 50.1. The van der Waals surface area contributed by atoms with Gasteiger partial charge in [0.15, 0.2) is 0 Å². The molecule has 2 aromatic carbocycles. The lowest BCUT2D eigenvalue weighted by molar-refractivity contribution is -0.267. The number of aliphatic hydroxyl groups is 1. The van der Waals surface area contributed by atoms with E-state index in [1.165, 1.54) is 14.0 Å². The molecular weight excluding hydrogens is 393 g/mol. The van der Waals surface area contributed by atoms with Crippen LogP contribution in [0, 0.1) is 0 Å². The number of esters is 1. The van der Waals surface area contributed by atoms with Crippen LogP contribution in [0.5, 0.6) is 5.75 Å². The maximum absolute atomic E-state index is 13.5. The van der Waals surface area contributed by atoms with Gasteiger partial charge in [-0.05, 0) is 31.2 Å². The molecule has 2 aromatic rings. The predicted molar refractivity (Wildman–Crippen MR) is 98.7 cm³/mol. The molecule has 0 aromatic heterocycles. The summed E-state index contributed by atoms with van der Waals surface area (Å²) >= 11 is 0. The molecule has 0 saturated heterocycles. The number of anilines is 2. The van der Waals surface area contributed by atoms with E-state index in [0.29, 0.717) is 5.69 Å². The zero-order valence-electron chi connectivity index (χ0n) is 15.5. The lowest BCUT2D eigenvalue weighted by Gasteiger charge is -2.29. The number of halogens is 3. The zero-order valence-corrected chi connectivity index (χ0v) is 15.5. The Bertz CT molecular complexity index is 874. The summed E-state index contributed by atoms with van der Waals surface area (Å²) in [6, 6.07) is 10.3. The van der Waals surface area contributed by atoms with E-state index in [2.05, 4.69) is 15.4 Å². The van der Waals surface area contributed by atoms with Crippen LogP contribution in [0.1, 0.15) is 12.5 Å². The molecule has 29 heavy (non-hydrogen) atoms. The first-order valence-corrected chi connectivity index (χ1v) is 8.41. The molecule has 0 heterocycles. The van der Waals surface area contributed by atoms with Gasteiger partial charge in [0.25, 0.3) is 5.60 Å². The highest BCUT2D eigenvalue weighted by Crippen LogP contribution is 2.42. The van der Waals surface area contributed by atoms with Crippen LogP contribution in [0.15, 0.2) is 48.5 Å². The highest BCUT2D eigenvalue weighted by atomic mass is 19.4. The summed E-state index contributed by atoms with van der Waals surface area (Å²) in [7, 11) is 1.25. The molecule has 3 N–H and O–H groups in total. The standard InChI is InChI=1S/C19H19F3N2O5/c1-3-29-16(25)18(27,19(20,21)22)12-9-10-15(28-2)14(11-12)24-17(26)23-13-7-5-4-6-8-13/h4-11,27H,3H2,1-2H3,(H2,23,24,26)/t18-/m0/s1. The van der Waals surface area contributed by atoms with E-state index in [1.807, 2.05) is 0 Å². The number of methoxy groups -OCH3 is 1. The van der Waals surface area contributed by atoms with Gasteiger partial charge in [-0.3, -0.25) is 0 Å². The smallest absolute Gasteiger partial charge is 0.432 e. The van der Waals surface area contributed by atoms with Gasteiger partial charge in [0.05, 0.1) is 19.4 Å². The van der Waals surface area contributed by atoms with E-state index in [1.54, 1.807) is 30.3 Å². The average Bonchev–Trinajstić information content (AvgIpc) is 2.67. The molecule has 0 bridgehead atoms. The lowest BCUT2D eigenvalue weighted by atomic mass is 9.92. The largest absolute Gasteiger partial charge is 0.495 e. The topological polar surface area (TPSA) is 96.9 Å². The molecule has 0 aliphatic heterocycles. The van der Waals surface area contributed by atoms with Crippen LogP contribution in [-0.2, 0) is 15.1 Å². The first-order chi connectivity index (χ1) is 13.6. The summed E-state index contributed by atoms with van der Waals surface area (Å²) in [6.07, 6.45) is -5.36. The minimum atomic E-state index is -5.36. The van der Waals surface area contributed by atoms with Crippen LogP contribution in [0.3, 0.4) is 0 Å². The Morgan fingerprint density at radius 2 is 1.72 bits per heavy atom. The van der Waals surface area contributed by atoms with Gasteiger partial charge in [-0.25, -0.2) is 9.59 Å². The molecule has 0 aliphatic carbocycles. The van der Waals surface area contributed by atoms with E-state index in [0.717, 1.165) is 18.2 Å². The number of carbonyl (C=O) groups is 2. The number of para-hydroxylation sites is 1. The molecule has 10 heteroatoms. The Balaban J connectivity index is 2.40. The summed E-state index contributed by atoms with van der Waals surface area (Å²) in [4.78, 5) is 24.1. The van der Waals surface area contributed by atoms with Gasteiger partial charge in [0, 0.05) is 11.3 Å². The minimum absolute atomic E-state index is 0.0188. The van der Waals surface area contributed by atoms with Gasteiger partial charge >= 0.3 is 18.2 Å². The van der Waals surface area contributed by atoms with E-state index in [9.17, 15) is 27.9 Å². The van der Waals surface area contributed by atoms with Crippen LogP contribution in [0.25, 0.3) is 0 Å². The predicted octanol–water partition coefficient (Wildman–Crippen LogP) is 3.65. The monoisotopic (exact) mass is 412 g/mol. The fraction of sp³-hybridized carbons (Fsp3) is 0.263. The van der Waals surface area contributed by atoms with E-state index in [-0.39, 0.29) is 18.0 Å². The van der Waals surface area contributed by atoms with Crippen LogP contribution in [0.4, 0.5) is 29.3 Å². The average molecular weight is 412 g/mol. The lowest BCUT2D eigenvalue weighted by Crippen LogP contribution is -2.50. The fourth-order valence-corrected chi connectivity index (χ4v) is 2.47. The molecular formula is C19H19F3N2O5. The van der Waals surface area contributed by atoms with E-state index >= 15 is 0 Å². The molecule has 0 fully saturated rings. The van der Waals surface area contributed by atoms with Crippen molar-refractivity contribution in [2.75, 3.05) is 24.4 Å². The van der Waals surface area contributed by atoms with Gasteiger partial charge < -0.3 is 25.2 Å². The van der Waals surface area contributed by atoms with Crippen molar-refractivity contribution in [3.8, 4) is 5.75 Å². The number of hydrogen-bond donors (Lipinski definition) is 3. The van der Waals surface area contributed by atoms with Crippen LogP contribution in [0.2, 0.25) is 0 Å². The quantitative estimate of drug-likeness (QED) is 0.630. The van der Waals surface area contributed by atoms with Crippen LogP contribution < -0.4 is 15.4 Å². The normalized spacial score (nSPS) is 13.2. The Hall–Kier alpha value is -3.27. The van der Waals surface area contributed by atoms with Crippen LogP contribution >= 0.6 is 0 Å². The van der Waals surface area contributed by atoms with Crippen LogP contribution in [-0.4, -0.2) is 37.0 Å². The highest BCUT2D eigenvalue weighted by molar-refractivity contribution is 6.00. The Labute approximate surface area is 164 Å². The number of nitrogens with one attached hydrogen (secondary N) is 2. The number of hydrogen-bond acceptors (Lipinski definition) is 5. The van der Waals surface area contributed by atoms with E-state index in [4.69, 9.17) is 4.74 Å². The van der Waals surface area contributed by atoms with E-state index < -0.39 is 29.3 Å². The molecule has 1 atom stereocenters. The first-order valence-electron chi connectivity index (χ1n) is 8.41. The van der Waals surface area contributed by atoms with Crippen molar-refractivity contribution in [2.45, 2.75) is 18.7 Å². The van der Waals surface area contributed by atoms with Gasteiger partial charge in [-0.2, -0.15) is 13.2 Å². The number of ether oxygens (including phenoxy) is 2. The van der Waals surface area contributed by atoms with Crippen molar-refractivity contribution >= 4 is 23.4 Å². The maximum atomic E-state index is 13.5. The molecule has 0 unspecified atom stereocenters. The second kappa shape index (κ2) is 8.82. The molecule has 2 amide bonds. The SMILES string of the molecule is CCOC(=O)[C@@](O)(c1ccc(OC)c(NC(=O)Nc2ccccc2)c1)C(F)(F)F. The van der Waals surface area contributed by atoms with Gasteiger partial charge in [-0.1, -0.05) is 24.3 Å². The maximum Gasteiger partial charge on any atom is 0.432 e. The first kappa shape index (κ1) is 22.0. The molecule has 0 aliphatic rings. The fourth-order valence-electron chi connectivity index (χ4n) is 2.47. The zero-order chi connectivity index (χ0) is 21.7. The van der Waals surface area contributed by atoms with Crippen molar-refractivity contribution in [1.82, 2.24) is 0 Å². The molecule has 7 nitrogen and oxygen atoms in total. The molecule has 0 spiro atoms. The van der Waals surface area contributed by atoms with Gasteiger partial charge in [-0.15, -0.1) is 0 Å².